The molecule has 27 heavy (non-hydrogen) atoms. The molecule has 0 radical (unpaired) electrons. The standard InChI is InChI=1S/C21H26ClN3O2/c22-18-7-3-6-17(14-18)20-23-21(27-24-20)16-10-12-25(13-11-16)19(26)9-8-15-4-1-2-5-15/h3,6-7,14-16H,1-2,4-5,8-13H2. The van der Waals surface area contributed by atoms with E-state index in [1.165, 1.54) is 25.7 Å². The summed E-state index contributed by atoms with van der Waals surface area (Å²) in [6.07, 6.45) is 8.82. The van der Waals surface area contributed by atoms with E-state index in [1.54, 1.807) is 0 Å². The summed E-state index contributed by atoms with van der Waals surface area (Å²) in [5, 5.41) is 4.76. The SMILES string of the molecule is O=C(CCC1CCCC1)N1CCC(c2nc(-c3cccc(Cl)c3)no2)CC1. The van der Waals surface area contributed by atoms with Crippen LogP contribution in [0, 0.1) is 5.92 Å². The predicted octanol–water partition coefficient (Wildman–Crippen LogP) is 5.07. The maximum absolute atomic E-state index is 12.5. The largest absolute Gasteiger partial charge is 0.343 e. The van der Waals surface area contributed by atoms with E-state index >= 15 is 0 Å². The van der Waals surface area contributed by atoms with Crippen LogP contribution in [0.3, 0.4) is 0 Å². The average Bonchev–Trinajstić information content (AvgIpc) is 3.38. The Bertz CT molecular complexity index is 777. The fourth-order valence-corrected chi connectivity index (χ4v) is 4.50. The fraction of sp³-hybridized carbons (Fsp3) is 0.571. The topological polar surface area (TPSA) is 59.2 Å². The molecule has 6 heteroatoms. The lowest BCUT2D eigenvalue weighted by atomic mass is 9.95. The molecule has 1 amide bonds. The molecule has 2 aliphatic rings. The normalized spacial score (nSPS) is 18.9. The van der Waals surface area contributed by atoms with E-state index in [2.05, 4.69) is 10.1 Å². The van der Waals surface area contributed by atoms with Gasteiger partial charge in [-0.2, -0.15) is 4.98 Å². The van der Waals surface area contributed by atoms with E-state index in [9.17, 15) is 4.79 Å². The zero-order chi connectivity index (χ0) is 18.6. The molecule has 0 spiro atoms. The van der Waals surface area contributed by atoms with Crippen LogP contribution in [0.25, 0.3) is 11.4 Å². The molecule has 1 aromatic carbocycles. The zero-order valence-corrected chi connectivity index (χ0v) is 16.3. The van der Waals surface area contributed by atoms with Crippen molar-refractivity contribution in [2.24, 2.45) is 5.92 Å². The van der Waals surface area contributed by atoms with Crippen molar-refractivity contribution in [2.45, 2.75) is 57.3 Å². The summed E-state index contributed by atoms with van der Waals surface area (Å²) in [5.41, 5.74) is 0.858. The molecule has 0 atom stereocenters. The molecule has 2 heterocycles. The first kappa shape index (κ1) is 18.5. The Kier molecular flexibility index (Phi) is 5.77. The highest BCUT2D eigenvalue weighted by Crippen LogP contribution is 2.31. The van der Waals surface area contributed by atoms with E-state index in [4.69, 9.17) is 16.1 Å². The van der Waals surface area contributed by atoms with Crippen LogP contribution in [0.15, 0.2) is 28.8 Å². The van der Waals surface area contributed by atoms with Gasteiger partial charge in [0.1, 0.15) is 0 Å². The van der Waals surface area contributed by atoms with Gasteiger partial charge in [0.25, 0.3) is 0 Å². The minimum atomic E-state index is 0.226. The molecule has 1 aliphatic carbocycles. The first-order chi connectivity index (χ1) is 13.2. The second kappa shape index (κ2) is 8.42. The van der Waals surface area contributed by atoms with E-state index in [-0.39, 0.29) is 5.92 Å². The van der Waals surface area contributed by atoms with Crippen LogP contribution in [0.4, 0.5) is 0 Å². The molecule has 2 fully saturated rings. The van der Waals surface area contributed by atoms with E-state index in [0.717, 1.165) is 43.8 Å². The molecule has 0 bridgehead atoms. The average molecular weight is 388 g/mol. The van der Waals surface area contributed by atoms with Gasteiger partial charge in [0, 0.05) is 36.0 Å². The number of likely N-dealkylation sites (tertiary alicyclic amines) is 1. The van der Waals surface area contributed by atoms with Crippen molar-refractivity contribution in [3.63, 3.8) is 0 Å². The molecule has 4 rings (SSSR count). The van der Waals surface area contributed by atoms with Crippen molar-refractivity contribution in [2.75, 3.05) is 13.1 Å². The monoisotopic (exact) mass is 387 g/mol. The number of piperidine rings is 1. The van der Waals surface area contributed by atoms with Gasteiger partial charge in [-0.1, -0.05) is 54.6 Å². The highest BCUT2D eigenvalue weighted by atomic mass is 35.5. The summed E-state index contributed by atoms with van der Waals surface area (Å²) in [6.45, 7) is 1.56. The molecule has 1 aliphatic heterocycles. The van der Waals surface area contributed by atoms with Gasteiger partial charge >= 0.3 is 0 Å². The third-order valence-electron chi connectivity index (χ3n) is 5.96. The van der Waals surface area contributed by atoms with Gasteiger partial charge in [0.05, 0.1) is 0 Å². The van der Waals surface area contributed by atoms with Crippen molar-refractivity contribution < 1.29 is 9.32 Å². The summed E-state index contributed by atoms with van der Waals surface area (Å²) in [6, 6.07) is 7.46. The third-order valence-corrected chi connectivity index (χ3v) is 6.20. The summed E-state index contributed by atoms with van der Waals surface area (Å²) >= 11 is 6.04. The third kappa shape index (κ3) is 4.52. The smallest absolute Gasteiger partial charge is 0.230 e. The van der Waals surface area contributed by atoms with Crippen molar-refractivity contribution in [3.05, 3.63) is 35.2 Å². The van der Waals surface area contributed by atoms with Gasteiger partial charge in [-0.3, -0.25) is 4.79 Å². The van der Waals surface area contributed by atoms with Gasteiger partial charge in [-0.05, 0) is 37.3 Å². The Labute approximate surface area is 165 Å². The molecular formula is C21H26ClN3O2. The Hall–Kier alpha value is -1.88. The summed E-state index contributed by atoms with van der Waals surface area (Å²) in [7, 11) is 0. The predicted molar refractivity (Wildman–Crippen MR) is 104 cm³/mol. The highest BCUT2D eigenvalue weighted by Gasteiger charge is 2.28. The molecule has 2 aromatic rings. The number of halogens is 1. The minimum absolute atomic E-state index is 0.226. The second-order valence-electron chi connectivity index (χ2n) is 7.81. The number of benzene rings is 1. The number of carbonyl (C=O) groups is 1. The van der Waals surface area contributed by atoms with Crippen LogP contribution < -0.4 is 0 Å². The van der Waals surface area contributed by atoms with E-state index in [1.807, 2.05) is 29.2 Å². The van der Waals surface area contributed by atoms with Gasteiger partial charge in [0.2, 0.25) is 17.6 Å². The summed E-state index contributed by atoms with van der Waals surface area (Å²) in [4.78, 5) is 19.1. The second-order valence-corrected chi connectivity index (χ2v) is 8.25. The van der Waals surface area contributed by atoms with E-state index < -0.39 is 0 Å². The molecule has 144 valence electrons. The van der Waals surface area contributed by atoms with Crippen LogP contribution in [-0.2, 0) is 4.79 Å². The quantitative estimate of drug-likeness (QED) is 0.718. The molecule has 0 unspecified atom stereocenters. The van der Waals surface area contributed by atoms with Gasteiger partial charge in [-0.15, -0.1) is 0 Å². The lowest BCUT2D eigenvalue weighted by Crippen LogP contribution is -2.38. The molecule has 5 nitrogen and oxygen atoms in total. The summed E-state index contributed by atoms with van der Waals surface area (Å²) in [5.74, 6) is 2.55. The van der Waals surface area contributed by atoms with Gasteiger partial charge < -0.3 is 9.42 Å². The number of nitrogens with zero attached hydrogens (tertiary/aromatic N) is 3. The van der Waals surface area contributed by atoms with Crippen LogP contribution in [0.2, 0.25) is 5.02 Å². The van der Waals surface area contributed by atoms with Crippen LogP contribution in [0.5, 0.6) is 0 Å². The number of amides is 1. The van der Waals surface area contributed by atoms with Crippen molar-refractivity contribution in [1.29, 1.82) is 0 Å². The van der Waals surface area contributed by atoms with Crippen molar-refractivity contribution in [1.82, 2.24) is 15.0 Å². The Morgan fingerprint density at radius 2 is 1.96 bits per heavy atom. The lowest BCUT2D eigenvalue weighted by molar-refractivity contribution is -0.132. The molecule has 1 aromatic heterocycles. The van der Waals surface area contributed by atoms with Crippen LogP contribution in [0.1, 0.15) is 63.2 Å². The van der Waals surface area contributed by atoms with Crippen LogP contribution >= 0.6 is 11.6 Å². The highest BCUT2D eigenvalue weighted by molar-refractivity contribution is 6.30. The maximum Gasteiger partial charge on any atom is 0.230 e. The number of hydrogen-bond acceptors (Lipinski definition) is 4. The molecule has 1 saturated carbocycles. The van der Waals surface area contributed by atoms with E-state index in [0.29, 0.717) is 29.1 Å². The molecular weight excluding hydrogens is 362 g/mol. The Morgan fingerprint density at radius 1 is 1.19 bits per heavy atom. The lowest BCUT2D eigenvalue weighted by Gasteiger charge is -2.30. The minimum Gasteiger partial charge on any atom is -0.343 e. The van der Waals surface area contributed by atoms with Gasteiger partial charge in [-0.25, -0.2) is 0 Å². The first-order valence-electron chi connectivity index (χ1n) is 10.1. The van der Waals surface area contributed by atoms with Gasteiger partial charge in [0.15, 0.2) is 0 Å². The number of rotatable bonds is 5. The summed E-state index contributed by atoms with van der Waals surface area (Å²) < 4.78 is 5.50. The zero-order valence-electron chi connectivity index (χ0n) is 15.6. The first-order valence-corrected chi connectivity index (χ1v) is 10.4. The number of carbonyl (C=O) groups excluding carboxylic acids is 1. The fourth-order valence-electron chi connectivity index (χ4n) is 4.31. The molecule has 0 N–H and O–H groups in total. The Morgan fingerprint density at radius 3 is 2.70 bits per heavy atom. The Balaban J connectivity index is 1.29. The number of aromatic nitrogens is 2. The number of hydrogen-bond donors (Lipinski definition) is 0. The maximum atomic E-state index is 12.5. The van der Waals surface area contributed by atoms with Crippen molar-refractivity contribution >= 4 is 17.5 Å². The molecule has 1 saturated heterocycles. The van der Waals surface area contributed by atoms with Crippen LogP contribution in [-0.4, -0.2) is 34.0 Å². The van der Waals surface area contributed by atoms with Crippen molar-refractivity contribution in [3.8, 4) is 11.4 Å².